The van der Waals surface area contributed by atoms with Crippen LogP contribution in [0.4, 0.5) is 0 Å². The van der Waals surface area contributed by atoms with E-state index in [4.69, 9.17) is 14.2 Å². The number of esters is 3. The van der Waals surface area contributed by atoms with Crippen molar-refractivity contribution >= 4 is 17.9 Å². The third-order valence-corrected chi connectivity index (χ3v) is 14.3. The van der Waals surface area contributed by atoms with Crippen molar-refractivity contribution < 1.29 is 28.6 Å². The molecule has 2 atom stereocenters. The molecular formula is C61H118O6. The summed E-state index contributed by atoms with van der Waals surface area (Å²) in [6.45, 7) is 11.5. The Labute approximate surface area is 418 Å². The van der Waals surface area contributed by atoms with Crippen LogP contribution < -0.4 is 0 Å². The predicted octanol–water partition coefficient (Wildman–Crippen LogP) is 20.0. The maximum atomic E-state index is 12.9. The Morgan fingerprint density at radius 2 is 0.567 bits per heavy atom. The molecule has 0 fully saturated rings. The summed E-state index contributed by atoms with van der Waals surface area (Å²) in [5.74, 6) is 0.883. The highest BCUT2D eigenvalue weighted by atomic mass is 16.6. The van der Waals surface area contributed by atoms with Crippen LogP contribution in [0.3, 0.4) is 0 Å². The summed E-state index contributed by atoms with van der Waals surface area (Å²) in [6, 6.07) is 0. The molecule has 0 N–H and O–H groups in total. The molecule has 0 bridgehead atoms. The molecule has 0 heterocycles. The van der Waals surface area contributed by atoms with E-state index in [1.807, 2.05) is 0 Å². The van der Waals surface area contributed by atoms with E-state index in [-0.39, 0.29) is 31.1 Å². The van der Waals surface area contributed by atoms with Crippen molar-refractivity contribution in [2.75, 3.05) is 13.2 Å². The zero-order valence-electron chi connectivity index (χ0n) is 46.0. The van der Waals surface area contributed by atoms with Crippen molar-refractivity contribution in [3.8, 4) is 0 Å². The fourth-order valence-electron chi connectivity index (χ4n) is 9.37. The molecule has 0 amide bonds. The topological polar surface area (TPSA) is 78.9 Å². The Morgan fingerprint density at radius 3 is 0.851 bits per heavy atom. The minimum absolute atomic E-state index is 0.0624. The van der Waals surface area contributed by atoms with Gasteiger partial charge in [-0.15, -0.1) is 0 Å². The molecule has 0 aromatic rings. The van der Waals surface area contributed by atoms with E-state index in [1.54, 1.807) is 0 Å². The normalized spacial score (nSPS) is 12.4. The summed E-state index contributed by atoms with van der Waals surface area (Å²) in [6.07, 6.45) is 58.0. The largest absolute Gasteiger partial charge is 0.462 e. The van der Waals surface area contributed by atoms with Crippen LogP contribution in [-0.2, 0) is 28.6 Å². The van der Waals surface area contributed by atoms with Crippen molar-refractivity contribution in [1.82, 2.24) is 0 Å². The second-order valence-electron chi connectivity index (χ2n) is 21.7. The summed E-state index contributed by atoms with van der Waals surface area (Å²) in [5.41, 5.74) is 0. The number of ether oxygens (including phenoxy) is 3. The first kappa shape index (κ1) is 65.4. The Hall–Kier alpha value is -1.59. The Kier molecular flexibility index (Phi) is 52.5. The van der Waals surface area contributed by atoms with E-state index in [9.17, 15) is 14.4 Å². The van der Waals surface area contributed by atoms with Crippen LogP contribution >= 0.6 is 0 Å². The number of carbonyl (C=O) groups is 3. The number of unbranched alkanes of at least 4 members (excludes halogenated alkanes) is 39. The summed E-state index contributed by atoms with van der Waals surface area (Å²) >= 11 is 0. The van der Waals surface area contributed by atoms with Crippen molar-refractivity contribution in [3.63, 3.8) is 0 Å². The lowest BCUT2D eigenvalue weighted by atomic mass is 9.99. The maximum Gasteiger partial charge on any atom is 0.306 e. The molecule has 0 saturated carbocycles. The third-order valence-electron chi connectivity index (χ3n) is 14.3. The van der Waals surface area contributed by atoms with Gasteiger partial charge >= 0.3 is 17.9 Å². The summed E-state index contributed by atoms with van der Waals surface area (Å²) in [5, 5.41) is 0. The van der Waals surface area contributed by atoms with Crippen LogP contribution in [0.15, 0.2) is 0 Å². The fraction of sp³-hybridized carbons (Fsp3) is 0.951. The first-order valence-corrected chi connectivity index (χ1v) is 30.3. The fourth-order valence-corrected chi connectivity index (χ4v) is 9.37. The van der Waals surface area contributed by atoms with E-state index in [0.29, 0.717) is 19.3 Å². The van der Waals surface area contributed by atoms with Gasteiger partial charge in [-0.2, -0.15) is 0 Å². The highest BCUT2D eigenvalue weighted by Crippen LogP contribution is 2.19. The van der Waals surface area contributed by atoms with E-state index in [1.165, 1.54) is 231 Å². The average Bonchev–Trinajstić information content (AvgIpc) is 3.31. The van der Waals surface area contributed by atoms with Crippen molar-refractivity contribution in [1.29, 1.82) is 0 Å². The zero-order valence-corrected chi connectivity index (χ0v) is 46.0. The van der Waals surface area contributed by atoms with Gasteiger partial charge in [0.15, 0.2) is 6.10 Å². The minimum Gasteiger partial charge on any atom is -0.462 e. The molecule has 0 spiro atoms. The SMILES string of the molecule is CCCCCCCCCCCCCCCCCCCC(=O)O[C@@H](COC(=O)CCCCCCCCCCCCCCCCCC(C)C)COC(=O)CCCCCCCCCCCCC(C)CC. The Morgan fingerprint density at radius 1 is 0.313 bits per heavy atom. The molecule has 0 aromatic carbocycles. The summed E-state index contributed by atoms with van der Waals surface area (Å²) in [7, 11) is 0. The van der Waals surface area contributed by atoms with E-state index >= 15 is 0 Å². The Balaban J connectivity index is 4.29. The average molecular weight is 948 g/mol. The molecule has 6 nitrogen and oxygen atoms in total. The van der Waals surface area contributed by atoms with Gasteiger partial charge in [-0.3, -0.25) is 14.4 Å². The lowest BCUT2D eigenvalue weighted by molar-refractivity contribution is -0.167. The summed E-state index contributed by atoms with van der Waals surface area (Å²) < 4.78 is 16.9. The van der Waals surface area contributed by atoms with Gasteiger partial charge in [0, 0.05) is 19.3 Å². The quantitative estimate of drug-likeness (QED) is 0.0343. The third kappa shape index (κ3) is 53.6. The highest BCUT2D eigenvalue weighted by Gasteiger charge is 2.19. The lowest BCUT2D eigenvalue weighted by Crippen LogP contribution is -2.30. The molecule has 0 saturated heterocycles. The molecule has 67 heavy (non-hydrogen) atoms. The first-order chi connectivity index (χ1) is 32.8. The number of carbonyl (C=O) groups excluding carboxylic acids is 3. The molecule has 0 aromatic heterocycles. The number of rotatable bonds is 55. The van der Waals surface area contributed by atoms with E-state index in [0.717, 1.165) is 69.6 Å². The molecule has 0 radical (unpaired) electrons. The van der Waals surface area contributed by atoms with Crippen molar-refractivity contribution in [3.05, 3.63) is 0 Å². The monoisotopic (exact) mass is 947 g/mol. The smallest absolute Gasteiger partial charge is 0.306 e. The van der Waals surface area contributed by atoms with Gasteiger partial charge in [0.25, 0.3) is 0 Å². The molecule has 6 heteroatoms. The minimum atomic E-state index is -0.763. The van der Waals surface area contributed by atoms with Gasteiger partial charge in [0.1, 0.15) is 13.2 Å². The Bertz CT molecular complexity index is 1030. The molecule has 0 aliphatic rings. The maximum absolute atomic E-state index is 12.9. The van der Waals surface area contributed by atoms with Crippen LogP contribution in [0.2, 0.25) is 0 Å². The van der Waals surface area contributed by atoms with Gasteiger partial charge in [-0.1, -0.05) is 304 Å². The molecule has 0 rings (SSSR count). The lowest BCUT2D eigenvalue weighted by Gasteiger charge is -2.18. The predicted molar refractivity (Wildman–Crippen MR) is 289 cm³/mol. The highest BCUT2D eigenvalue weighted by molar-refractivity contribution is 5.71. The van der Waals surface area contributed by atoms with Gasteiger partial charge in [0.05, 0.1) is 0 Å². The molecule has 0 aliphatic heterocycles. The zero-order chi connectivity index (χ0) is 48.9. The number of hydrogen-bond donors (Lipinski definition) is 0. The molecular weight excluding hydrogens is 829 g/mol. The summed E-state index contributed by atoms with van der Waals surface area (Å²) in [4.78, 5) is 38.2. The molecule has 0 aliphatic carbocycles. The molecule has 1 unspecified atom stereocenters. The van der Waals surface area contributed by atoms with Crippen LogP contribution in [0.25, 0.3) is 0 Å². The van der Waals surface area contributed by atoms with Crippen molar-refractivity contribution in [2.24, 2.45) is 11.8 Å². The van der Waals surface area contributed by atoms with Crippen molar-refractivity contribution in [2.45, 2.75) is 349 Å². The second-order valence-corrected chi connectivity index (χ2v) is 21.7. The standard InChI is InChI=1S/C61H118O6/c1-6-8-9-10-11-12-13-14-15-16-19-23-26-33-38-43-48-53-61(64)67-58(55-66-60(63)52-47-42-37-32-28-27-30-35-40-45-50-57(5)7-2)54-65-59(62)51-46-41-36-31-25-22-20-17-18-21-24-29-34-39-44-49-56(3)4/h56-58H,6-55H2,1-5H3/t57?,58-/m0/s1. The second kappa shape index (κ2) is 53.8. The first-order valence-electron chi connectivity index (χ1n) is 30.3. The van der Waals surface area contributed by atoms with E-state index < -0.39 is 6.10 Å². The molecule has 398 valence electrons. The van der Waals surface area contributed by atoms with Gasteiger partial charge < -0.3 is 14.2 Å². The van der Waals surface area contributed by atoms with Gasteiger partial charge in [-0.05, 0) is 31.1 Å². The van der Waals surface area contributed by atoms with Gasteiger partial charge in [0.2, 0.25) is 0 Å². The van der Waals surface area contributed by atoms with Crippen LogP contribution in [-0.4, -0.2) is 37.2 Å². The van der Waals surface area contributed by atoms with E-state index in [2.05, 4.69) is 34.6 Å². The van der Waals surface area contributed by atoms with Crippen LogP contribution in [0, 0.1) is 11.8 Å². The van der Waals surface area contributed by atoms with Crippen LogP contribution in [0.5, 0.6) is 0 Å². The van der Waals surface area contributed by atoms with Gasteiger partial charge in [-0.25, -0.2) is 0 Å². The number of hydrogen-bond acceptors (Lipinski definition) is 6. The van der Waals surface area contributed by atoms with Crippen LogP contribution in [0.1, 0.15) is 343 Å².